The molecule has 0 radical (unpaired) electrons. The van der Waals surface area contributed by atoms with Gasteiger partial charge in [0.05, 0.1) is 27.4 Å². The highest BCUT2D eigenvalue weighted by Gasteiger charge is 2.23. The second-order valence-electron chi connectivity index (χ2n) is 28.1. The standard InChI is InChI=1S/C84H81N5O4/c1-81(2,3)67-31-13-57(14-32-67)61-23-43-73(44-24-61)87(74-45-25-62(26-46-74)58-15-33-68(34-16-58)82(4,5)6)77-51-41-72(42-52-77)86-85-71-39-21-65(22-40-71)80(90)93-56-66-55-78(53-54-79(66)89(91)92)88(75-47-27-63(28-48-75)59-17-35-69(36-18-59)83(7,8)9)76-49-29-64(30-50-76)60-19-37-70(38-20-60)84(10,11)12/h13-55H,56H2,1-12H3. The van der Waals surface area contributed by atoms with Crippen LogP contribution in [0.5, 0.6) is 0 Å². The van der Waals surface area contributed by atoms with Crippen molar-refractivity contribution in [1.82, 2.24) is 0 Å². The van der Waals surface area contributed by atoms with Crippen molar-refractivity contribution in [2.75, 3.05) is 9.80 Å². The summed E-state index contributed by atoms with van der Waals surface area (Å²) < 4.78 is 5.86. The maximum absolute atomic E-state index is 13.8. The summed E-state index contributed by atoms with van der Waals surface area (Å²) in [5.74, 6) is -0.638. The van der Waals surface area contributed by atoms with E-state index in [0.29, 0.717) is 17.1 Å². The van der Waals surface area contributed by atoms with Crippen LogP contribution in [-0.4, -0.2) is 10.9 Å². The molecule has 0 aliphatic carbocycles. The van der Waals surface area contributed by atoms with E-state index in [1.165, 1.54) is 28.3 Å². The summed E-state index contributed by atoms with van der Waals surface area (Å²) in [7, 11) is 0. The molecule has 0 saturated heterocycles. The van der Waals surface area contributed by atoms with Crippen LogP contribution in [0, 0.1) is 10.1 Å². The molecule has 11 aromatic carbocycles. The Balaban J connectivity index is 0.806. The highest BCUT2D eigenvalue weighted by atomic mass is 16.6. The molecular weight excluding hydrogens is 1140 g/mol. The first-order valence-corrected chi connectivity index (χ1v) is 31.8. The lowest BCUT2D eigenvalue weighted by atomic mass is 9.86. The van der Waals surface area contributed by atoms with Crippen LogP contribution in [0.25, 0.3) is 44.5 Å². The van der Waals surface area contributed by atoms with Crippen LogP contribution in [0.15, 0.2) is 271 Å². The van der Waals surface area contributed by atoms with E-state index in [-0.39, 0.29) is 45.1 Å². The number of nitro benzene ring substituents is 1. The first-order valence-electron chi connectivity index (χ1n) is 31.8. The number of rotatable bonds is 16. The zero-order chi connectivity index (χ0) is 65.8. The van der Waals surface area contributed by atoms with Crippen molar-refractivity contribution in [2.45, 2.75) is 111 Å². The van der Waals surface area contributed by atoms with Gasteiger partial charge in [0, 0.05) is 40.2 Å². The van der Waals surface area contributed by atoms with E-state index in [1.807, 2.05) is 24.3 Å². The van der Waals surface area contributed by atoms with Crippen LogP contribution in [0.2, 0.25) is 0 Å². The third kappa shape index (κ3) is 15.1. The molecule has 0 aliphatic heterocycles. The Morgan fingerprint density at radius 3 is 0.849 bits per heavy atom. The van der Waals surface area contributed by atoms with Gasteiger partial charge in [-0.2, -0.15) is 10.2 Å². The van der Waals surface area contributed by atoms with E-state index < -0.39 is 10.9 Å². The number of anilines is 6. The molecule has 11 aromatic rings. The minimum atomic E-state index is -0.638. The molecule has 466 valence electrons. The Bertz CT molecular complexity index is 4220. The van der Waals surface area contributed by atoms with Crippen molar-refractivity contribution in [3.05, 3.63) is 304 Å². The summed E-state index contributed by atoms with van der Waals surface area (Å²) in [6.07, 6.45) is 0. The summed E-state index contributed by atoms with van der Waals surface area (Å²) in [5, 5.41) is 21.7. The number of esters is 1. The molecule has 93 heavy (non-hydrogen) atoms. The fourth-order valence-corrected chi connectivity index (χ4v) is 11.4. The van der Waals surface area contributed by atoms with Gasteiger partial charge in [0.15, 0.2) is 0 Å². The number of nitrogens with zero attached hydrogens (tertiary/aromatic N) is 5. The molecule has 0 aliphatic rings. The lowest BCUT2D eigenvalue weighted by molar-refractivity contribution is -0.385. The summed E-state index contributed by atoms with van der Waals surface area (Å²) in [5.41, 5.74) is 21.1. The molecule has 0 atom stereocenters. The molecule has 0 amide bonds. The van der Waals surface area contributed by atoms with Gasteiger partial charge in [0.25, 0.3) is 5.69 Å². The predicted octanol–water partition coefficient (Wildman–Crippen LogP) is 24.2. The molecule has 0 saturated carbocycles. The average molecular weight is 1220 g/mol. The van der Waals surface area contributed by atoms with Crippen LogP contribution in [-0.2, 0) is 33.0 Å². The van der Waals surface area contributed by atoms with Gasteiger partial charge in [-0.1, -0.05) is 229 Å². The first kappa shape index (κ1) is 64.0. The van der Waals surface area contributed by atoms with Gasteiger partial charge < -0.3 is 14.5 Å². The lowest BCUT2D eigenvalue weighted by Crippen LogP contribution is -2.12. The number of carbonyl (C=O) groups is 1. The second-order valence-corrected chi connectivity index (χ2v) is 28.1. The minimum Gasteiger partial charge on any atom is -0.457 e. The normalized spacial score (nSPS) is 12.0. The highest BCUT2D eigenvalue weighted by Crippen LogP contribution is 2.42. The van der Waals surface area contributed by atoms with E-state index in [2.05, 4.69) is 297 Å². The molecular formula is C84H81N5O4. The third-order valence-electron chi connectivity index (χ3n) is 17.2. The molecule has 0 N–H and O–H groups in total. The van der Waals surface area contributed by atoms with E-state index in [9.17, 15) is 14.9 Å². The Kier molecular flexibility index (Phi) is 18.2. The number of hydrogen-bond acceptors (Lipinski definition) is 8. The highest BCUT2D eigenvalue weighted by molar-refractivity contribution is 5.90. The molecule has 0 bridgehead atoms. The number of carbonyl (C=O) groups excluding carboxylic acids is 1. The van der Waals surface area contributed by atoms with Gasteiger partial charge in [0.1, 0.15) is 6.61 Å². The number of azo groups is 1. The fourth-order valence-electron chi connectivity index (χ4n) is 11.4. The second kappa shape index (κ2) is 26.4. The van der Waals surface area contributed by atoms with Crippen molar-refractivity contribution in [3.63, 3.8) is 0 Å². The van der Waals surface area contributed by atoms with Crippen LogP contribution in [0.3, 0.4) is 0 Å². The SMILES string of the molecule is CC(C)(C)c1ccc(-c2ccc(N(c3ccc(N=Nc4ccc(C(=O)OCc5cc(N(c6ccc(-c7ccc(C(C)(C)C)cc7)cc6)c6ccc(-c7ccc(C(C)(C)C)cc7)cc6)ccc5[N+](=O)[O-])cc4)cc3)c3ccc(-c4ccc(C(C)(C)C)cc4)cc3)cc2)cc1. The number of ether oxygens (including phenoxy) is 1. The van der Waals surface area contributed by atoms with E-state index >= 15 is 0 Å². The van der Waals surface area contributed by atoms with Crippen molar-refractivity contribution in [3.8, 4) is 44.5 Å². The maximum atomic E-state index is 13.8. The van der Waals surface area contributed by atoms with E-state index in [1.54, 1.807) is 36.4 Å². The number of hydrogen-bond donors (Lipinski definition) is 0. The molecule has 9 nitrogen and oxygen atoms in total. The minimum absolute atomic E-state index is 0.0341. The summed E-state index contributed by atoms with van der Waals surface area (Å²) in [4.78, 5) is 30.2. The van der Waals surface area contributed by atoms with Crippen LogP contribution in [0.1, 0.15) is 121 Å². The van der Waals surface area contributed by atoms with Crippen molar-refractivity contribution in [1.29, 1.82) is 0 Å². The van der Waals surface area contributed by atoms with Gasteiger partial charge in [0.2, 0.25) is 0 Å². The van der Waals surface area contributed by atoms with Gasteiger partial charge >= 0.3 is 5.97 Å². The third-order valence-corrected chi connectivity index (χ3v) is 17.2. The quantitative estimate of drug-likeness (QED) is 0.0413. The summed E-state index contributed by atoms with van der Waals surface area (Å²) in [6, 6.07) is 88.5. The van der Waals surface area contributed by atoms with Crippen LogP contribution >= 0.6 is 0 Å². The largest absolute Gasteiger partial charge is 0.457 e. The molecule has 0 spiro atoms. The zero-order valence-electron chi connectivity index (χ0n) is 55.4. The summed E-state index contributed by atoms with van der Waals surface area (Å²) >= 11 is 0. The number of nitro groups is 1. The number of benzene rings is 11. The molecule has 9 heteroatoms. The van der Waals surface area contributed by atoms with Gasteiger partial charge in [-0.15, -0.1) is 0 Å². The van der Waals surface area contributed by atoms with E-state index in [0.717, 1.165) is 72.9 Å². The van der Waals surface area contributed by atoms with Crippen LogP contribution in [0.4, 0.5) is 51.2 Å². The predicted molar refractivity (Wildman–Crippen MR) is 385 cm³/mol. The molecule has 0 heterocycles. The zero-order valence-corrected chi connectivity index (χ0v) is 55.4. The van der Waals surface area contributed by atoms with Crippen molar-refractivity contribution >= 4 is 57.2 Å². The molecule has 0 fully saturated rings. The summed E-state index contributed by atoms with van der Waals surface area (Å²) in [6.45, 7) is 26.3. The molecule has 0 unspecified atom stereocenters. The Morgan fingerprint density at radius 1 is 0.344 bits per heavy atom. The maximum Gasteiger partial charge on any atom is 0.338 e. The molecule has 11 rings (SSSR count). The first-order chi connectivity index (χ1) is 44.3. The van der Waals surface area contributed by atoms with Crippen LogP contribution < -0.4 is 9.80 Å². The lowest BCUT2D eigenvalue weighted by Gasteiger charge is -2.26. The van der Waals surface area contributed by atoms with E-state index in [4.69, 9.17) is 4.74 Å². The Morgan fingerprint density at radius 2 is 0.581 bits per heavy atom. The topological polar surface area (TPSA) is 101 Å². The average Bonchev–Trinajstić information content (AvgIpc) is 0.937. The van der Waals surface area contributed by atoms with Gasteiger partial charge in [-0.3, -0.25) is 10.1 Å². The Hall–Kier alpha value is -10.5. The van der Waals surface area contributed by atoms with Gasteiger partial charge in [-0.25, -0.2) is 4.79 Å². The molecule has 0 aromatic heterocycles. The van der Waals surface area contributed by atoms with Gasteiger partial charge in [-0.05, 0) is 198 Å². The fraction of sp³-hybridized carbons (Fsp3) is 0.202. The van der Waals surface area contributed by atoms with Crippen molar-refractivity contribution < 1.29 is 14.5 Å². The van der Waals surface area contributed by atoms with Crippen molar-refractivity contribution in [2.24, 2.45) is 10.2 Å². The monoisotopic (exact) mass is 1220 g/mol. The smallest absolute Gasteiger partial charge is 0.338 e. The Labute approximate surface area is 548 Å².